The molecule has 7 heteroatoms. The number of sulfonamides is 1. The van der Waals surface area contributed by atoms with Crippen LogP contribution in [0.3, 0.4) is 0 Å². The highest BCUT2D eigenvalue weighted by Gasteiger charge is 2.23. The first-order valence-electron chi connectivity index (χ1n) is 6.83. The van der Waals surface area contributed by atoms with Crippen molar-refractivity contribution in [2.24, 2.45) is 5.92 Å². The zero-order chi connectivity index (χ0) is 15.5. The molecule has 1 fully saturated rings. The molecule has 118 valence electrons. The SMILES string of the molecule is CN(CCOCC1CC1)S(=O)(=O)c1ccc(CCl)c(Cl)c1. The molecule has 1 saturated carbocycles. The summed E-state index contributed by atoms with van der Waals surface area (Å²) in [5.41, 5.74) is 0.715. The summed E-state index contributed by atoms with van der Waals surface area (Å²) in [5.74, 6) is 0.929. The van der Waals surface area contributed by atoms with Crippen molar-refractivity contribution in [2.75, 3.05) is 26.8 Å². The van der Waals surface area contributed by atoms with E-state index in [1.54, 1.807) is 13.1 Å². The lowest BCUT2D eigenvalue weighted by Gasteiger charge is -2.17. The Balaban J connectivity index is 1.96. The van der Waals surface area contributed by atoms with E-state index in [0.717, 1.165) is 6.61 Å². The lowest BCUT2D eigenvalue weighted by molar-refractivity contribution is 0.117. The topological polar surface area (TPSA) is 46.6 Å². The summed E-state index contributed by atoms with van der Waals surface area (Å²) in [6.07, 6.45) is 2.44. The number of hydrogen-bond acceptors (Lipinski definition) is 3. The average molecular weight is 352 g/mol. The fraction of sp³-hybridized carbons (Fsp3) is 0.571. The van der Waals surface area contributed by atoms with Crippen molar-refractivity contribution in [3.8, 4) is 0 Å². The van der Waals surface area contributed by atoms with Gasteiger partial charge in [-0.3, -0.25) is 0 Å². The van der Waals surface area contributed by atoms with Gasteiger partial charge in [-0.25, -0.2) is 8.42 Å². The monoisotopic (exact) mass is 351 g/mol. The first-order valence-corrected chi connectivity index (χ1v) is 9.19. The fourth-order valence-corrected chi connectivity index (χ4v) is 3.62. The molecule has 0 aromatic heterocycles. The molecule has 0 amide bonds. The summed E-state index contributed by atoms with van der Waals surface area (Å²) in [7, 11) is -2.00. The zero-order valence-corrected chi connectivity index (χ0v) is 14.2. The lowest BCUT2D eigenvalue weighted by Crippen LogP contribution is -2.30. The molecule has 21 heavy (non-hydrogen) atoms. The van der Waals surface area contributed by atoms with E-state index in [1.807, 2.05) is 0 Å². The highest BCUT2D eigenvalue weighted by atomic mass is 35.5. The van der Waals surface area contributed by atoms with Crippen LogP contribution in [0.1, 0.15) is 18.4 Å². The van der Waals surface area contributed by atoms with Crippen LogP contribution in [0.2, 0.25) is 5.02 Å². The number of halogens is 2. The number of ether oxygens (including phenoxy) is 1. The van der Waals surface area contributed by atoms with E-state index in [2.05, 4.69) is 0 Å². The number of likely N-dealkylation sites (N-methyl/N-ethyl adjacent to an activating group) is 1. The smallest absolute Gasteiger partial charge is 0.242 e. The predicted octanol–water partition coefficient (Wildman–Crippen LogP) is 3.13. The molecular weight excluding hydrogens is 333 g/mol. The molecule has 0 unspecified atom stereocenters. The van der Waals surface area contributed by atoms with Crippen LogP contribution in [0.25, 0.3) is 0 Å². The van der Waals surface area contributed by atoms with Gasteiger partial charge in [-0.2, -0.15) is 4.31 Å². The van der Waals surface area contributed by atoms with Crippen LogP contribution in [-0.4, -0.2) is 39.5 Å². The molecule has 2 rings (SSSR count). The van der Waals surface area contributed by atoms with Crippen molar-refractivity contribution >= 4 is 33.2 Å². The molecule has 0 radical (unpaired) electrons. The third-order valence-electron chi connectivity index (χ3n) is 3.48. The second kappa shape index (κ2) is 7.29. The minimum atomic E-state index is -3.55. The first kappa shape index (κ1) is 17.0. The highest BCUT2D eigenvalue weighted by Crippen LogP contribution is 2.28. The summed E-state index contributed by atoms with van der Waals surface area (Å²) in [5, 5.41) is 0.365. The first-order chi connectivity index (χ1) is 9.95. The Bertz CT molecular complexity index is 588. The minimum absolute atomic E-state index is 0.172. The molecule has 0 aliphatic heterocycles. The van der Waals surface area contributed by atoms with E-state index >= 15 is 0 Å². The van der Waals surface area contributed by atoms with Crippen molar-refractivity contribution in [3.63, 3.8) is 0 Å². The highest BCUT2D eigenvalue weighted by molar-refractivity contribution is 7.89. The second-order valence-corrected chi connectivity index (χ2v) is 7.95. The third-order valence-corrected chi connectivity index (χ3v) is 5.97. The van der Waals surface area contributed by atoms with Gasteiger partial charge in [0.15, 0.2) is 0 Å². The molecule has 0 spiro atoms. The Labute approximate surface area is 136 Å². The van der Waals surface area contributed by atoms with Crippen LogP contribution in [0.15, 0.2) is 23.1 Å². The Hall–Kier alpha value is -0.330. The van der Waals surface area contributed by atoms with Crippen molar-refractivity contribution in [2.45, 2.75) is 23.6 Å². The van der Waals surface area contributed by atoms with Crippen molar-refractivity contribution in [3.05, 3.63) is 28.8 Å². The van der Waals surface area contributed by atoms with Gasteiger partial charge >= 0.3 is 0 Å². The maximum absolute atomic E-state index is 12.4. The molecule has 1 aliphatic carbocycles. The summed E-state index contributed by atoms with van der Waals surface area (Å²) < 4.78 is 31.6. The zero-order valence-electron chi connectivity index (χ0n) is 11.9. The molecule has 0 heterocycles. The summed E-state index contributed by atoms with van der Waals surface area (Å²) in [4.78, 5) is 0.172. The molecule has 4 nitrogen and oxygen atoms in total. The number of benzene rings is 1. The van der Waals surface area contributed by atoms with E-state index in [9.17, 15) is 8.42 Å². The van der Waals surface area contributed by atoms with Crippen molar-refractivity contribution in [1.82, 2.24) is 4.31 Å². The number of hydrogen-bond donors (Lipinski definition) is 0. The van der Waals surface area contributed by atoms with Gasteiger partial charge in [0.25, 0.3) is 0 Å². The van der Waals surface area contributed by atoms with Gasteiger partial charge in [0, 0.05) is 31.1 Å². The van der Waals surface area contributed by atoms with Gasteiger partial charge in [0.05, 0.1) is 11.5 Å². The van der Waals surface area contributed by atoms with E-state index < -0.39 is 10.0 Å². The van der Waals surface area contributed by atoms with E-state index in [0.29, 0.717) is 29.7 Å². The molecular formula is C14H19Cl2NO3S. The van der Waals surface area contributed by atoms with Crippen LogP contribution in [0.4, 0.5) is 0 Å². The average Bonchev–Trinajstić information content (AvgIpc) is 3.27. The largest absolute Gasteiger partial charge is 0.380 e. The van der Waals surface area contributed by atoms with Crippen LogP contribution < -0.4 is 0 Å². The van der Waals surface area contributed by atoms with Gasteiger partial charge in [-0.05, 0) is 36.5 Å². The van der Waals surface area contributed by atoms with E-state index in [1.165, 1.54) is 29.3 Å². The van der Waals surface area contributed by atoms with Crippen LogP contribution >= 0.6 is 23.2 Å². The summed E-state index contributed by atoms with van der Waals surface area (Å²) >= 11 is 11.7. The maximum Gasteiger partial charge on any atom is 0.242 e. The minimum Gasteiger partial charge on any atom is -0.380 e. The molecule has 1 aromatic carbocycles. The normalized spacial score (nSPS) is 15.6. The summed E-state index contributed by atoms with van der Waals surface area (Å²) in [6.45, 7) is 1.45. The maximum atomic E-state index is 12.4. The number of alkyl halides is 1. The van der Waals surface area contributed by atoms with Crippen molar-refractivity contribution in [1.29, 1.82) is 0 Å². The molecule has 0 N–H and O–H groups in total. The van der Waals surface area contributed by atoms with Crippen LogP contribution in [0, 0.1) is 5.92 Å². The van der Waals surface area contributed by atoms with Crippen molar-refractivity contribution < 1.29 is 13.2 Å². The fourth-order valence-electron chi connectivity index (χ4n) is 1.82. The number of nitrogens with zero attached hydrogens (tertiary/aromatic N) is 1. The van der Waals surface area contributed by atoms with E-state index in [-0.39, 0.29) is 10.8 Å². The molecule has 0 atom stereocenters. The predicted molar refractivity (Wildman–Crippen MR) is 84.4 cm³/mol. The number of rotatable bonds is 8. The molecule has 0 bridgehead atoms. The Morgan fingerprint density at radius 3 is 2.67 bits per heavy atom. The Morgan fingerprint density at radius 2 is 2.10 bits per heavy atom. The lowest BCUT2D eigenvalue weighted by atomic mass is 10.2. The van der Waals surface area contributed by atoms with Gasteiger partial charge < -0.3 is 4.74 Å². The molecule has 1 aromatic rings. The van der Waals surface area contributed by atoms with Crippen LogP contribution in [-0.2, 0) is 20.6 Å². The standard InChI is InChI=1S/C14H19Cl2NO3S/c1-17(6-7-20-10-11-2-3-11)21(18,19)13-5-4-12(9-15)14(16)8-13/h4-5,8,11H,2-3,6-7,9-10H2,1H3. The van der Waals surface area contributed by atoms with E-state index in [4.69, 9.17) is 27.9 Å². The van der Waals surface area contributed by atoms with Gasteiger partial charge in [-0.1, -0.05) is 17.7 Å². The molecule has 1 aliphatic rings. The molecule has 0 saturated heterocycles. The quantitative estimate of drug-likeness (QED) is 0.533. The van der Waals surface area contributed by atoms with Gasteiger partial charge in [-0.15, -0.1) is 11.6 Å². The third kappa shape index (κ3) is 4.57. The Kier molecular flexibility index (Phi) is 5.91. The van der Waals surface area contributed by atoms with Gasteiger partial charge in [0.2, 0.25) is 10.0 Å². The summed E-state index contributed by atoms with van der Waals surface area (Å²) in [6, 6.07) is 4.61. The Morgan fingerprint density at radius 1 is 1.38 bits per heavy atom. The van der Waals surface area contributed by atoms with Gasteiger partial charge in [0.1, 0.15) is 0 Å². The second-order valence-electron chi connectivity index (χ2n) is 5.23. The van der Waals surface area contributed by atoms with Crippen LogP contribution in [0.5, 0.6) is 0 Å².